The highest BCUT2D eigenvalue weighted by Gasteiger charge is 2.25. The number of nitrogens with zero attached hydrogens (tertiary/aromatic N) is 1. The Bertz CT molecular complexity index is 213. The van der Waals surface area contributed by atoms with Gasteiger partial charge in [-0.05, 0) is 31.7 Å². The monoisotopic (exact) mass is 228 g/mol. The zero-order valence-corrected chi connectivity index (χ0v) is 10.7. The van der Waals surface area contributed by atoms with Crippen molar-refractivity contribution in [2.45, 2.75) is 19.8 Å². The molecule has 4 heteroatoms. The Morgan fingerprint density at radius 1 is 1.50 bits per heavy atom. The summed E-state index contributed by atoms with van der Waals surface area (Å²) in [4.78, 5) is 13.6. The molecule has 0 radical (unpaired) electrons. The molecule has 0 aliphatic carbocycles. The van der Waals surface area contributed by atoms with Crippen LogP contribution in [0.15, 0.2) is 0 Å². The molecule has 0 spiro atoms. The van der Waals surface area contributed by atoms with E-state index in [1.165, 1.54) is 0 Å². The van der Waals surface area contributed by atoms with Crippen molar-refractivity contribution in [3.05, 3.63) is 0 Å². The lowest BCUT2D eigenvalue weighted by Crippen LogP contribution is -2.43. The van der Waals surface area contributed by atoms with E-state index in [2.05, 4.69) is 12.2 Å². The Labute approximate surface area is 98.3 Å². The van der Waals surface area contributed by atoms with Crippen molar-refractivity contribution in [1.29, 1.82) is 0 Å². The molecule has 4 nitrogen and oxygen atoms in total. The first-order valence-electron chi connectivity index (χ1n) is 6.10. The molecule has 1 heterocycles. The van der Waals surface area contributed by atoms with Crippen LogP contribution in [0.3, 0.4) is 0 Å². The molecule has 1 rings (SSSR count). The molecule has 0 aromatic rings. The van der Waals surface area contributed by atoms with Crippen molar-refractivity contribution in [3.8, 4) is 0 Å². The fourth-order valence-electron chi connectivity index (χ4n) is 2.38. The number of hydrogen-bond acceptors (Lipinski definition) is 3. The molecule has 16 heavy (non-hydrogen) atoms. The third kappa shape index (κ3) is 3.76. The van der Waals surface area contributed by atoms with Gasteiger partial charge in [0.2, 0.25) is 5.91 Å². The van der Waals surface area contributed by atoms with Gasteiger partial charge in [-0.25, -0.2) is 0 Å². The molecule has 0 bridgehead atoms. The highest BCUT2D eigenvalue weighted by atomic mass is 16.5. The number of piperidine rings is 1. The topological polar surface area (TPSA) is 41.6 Å². The second-order valence-corrected chi connectivity index (χ2v) is 4.68. The number of rotatable bonds is 5. The SMILES string of the molecule is CNCC(=O)N1CCC([C@@H](C)COC)CC1. The van der Waals surface area contributed by atoms with E-state index in [4.69, 9.17) is 4.74 Å². The molecular weight excluding hydrogens is 204 g/mol. The number of likely N-dealkylation sites (tertiary alicyclic amines) is 1. The van der Waals surface area contributed by atoms with Crippen LogP contribution in [-0.4, -0.2) is 51.2 Å². The molecular formula is C12H24N2O2. The van der Waals surface area contributed by atoms with E-state index >= 15 is 0 Å². The number of likely N-dealkylation sites (N-methyl/N-ethyl adjacent to an activating group) is 1. The molecule has 1 aliphatic heterocycles. The maximum absolute atomic E-state index is 11.6. The van der Waals surface area contributed by atoms with E-state index in [0.29, 0.717) is 18.4 Å². The molecule has 1 amide bonds. The minimum Gasteiger partial charge on any atom is -0.384 e. The van der Waals surface area contributed by atoms with Gasteiger partial charge in [0.25, 0.3) is 0 Å². The summed E-state index contributed by atoms with van der Waals surface area (Å²) in [6.45, 7) is 5.32. The highest BCUT2D eigenvalue weighted by Crippen LogP contribution is 2.24. The van der Waals surface area contributed by atoms with Crippen molar-refractivity contribution in [2.24, 2.45) is 11.8 Å². The van der Waals surface area contributed by atoms with E-state index in [1.54, 1.807) is 7.11 Å². The molecule has 1 atom stereocenters. The van der Waals surface area contributed by atoms with Gasteiger partial charge in [0.15, 0.2) is 0 Å². The van der Waals surface area contributed by atoms with Crippen molar-refractivity contribution < 1.29 is 9.53 Å². The molecule has 1 N–H and O–H groups in total. The van der Waals surface area contributed by atoms with Gasteiger partial charge in [0, 0.05) is 26.8 Å². The van der Waals surface area contributed by atoms with Crippen LogP contribution < -0.4 is 5.32 Å². The summed E-state index contributed by atoms with van der Waals surface area (Å²) < 4.78 is 5.18. The third-order valence-corrected chi connectivity index (χ3v) is 3.45. The number of methoxy groups -OCH3 is 1. The summed E-state index contributed by atoms with van der Waals surface area (Å²) in [5.74, 6) is 1.53. The van der Waals surface area contributed by atoms with Crippen molar-refractivity contribution in [1.82, 2.24) is 10.2 Å². The largest absolute Gasteiger partial charge is 0.384 e. The standard InChI is InChI=1S/C12H24N2O2/c1-10(9-16-3)11-4-6-14(7-5-11)12(15)8-13-2/h10-11,13H,4-9H2,1-3H3/t10-/m0/s1. The van der Waals surface area contributed by atoms with Gasteiger partial charge in [-0.1, -0.05) is 6.92 Å². The molecule has 1 fully saturated rings. The number of nitrogens with one attached hydrogen (secondary N) is 1. The maximum atomic E-state index is 11.6. The fraction of sp³-hybridized carbons (Fsp3) is 0.917. The van der Waals surface area contributed by atoms with Gasteiger partial charge in [-0.3, -0.25) is 4.79 Å². The first-order chi connectivity index (χ1) is 7.69. The number of amides is 1. The van der Waals surface area contributed by atoms with Gasteiger partial charge >= 0.3 is 0 Å². The minimum absolute atomic E-state index is 0.223. The zero-order valence-electron chi connectivity index (χ0n) is 10.7. The Kier molecular flexibility index (Phi) is 5.77. The highest BCUT2D eigenvalue weighted by molar-refractivity contribution is 5.78. The minimum atomic E-state index is 0.223. The molecule has 1 aliphatic rings. The van der Waals surface area contributed by atoms with Gasteiger partial charge < -0.3 is 15.0 Å². The summed E-state index contributed by atoms with van der Waals surface area (Å²) in [5, 5.41) is 2.91. The predicted octanol–water partition coefficient (Wildman–Crippen LogP) is 0.727. The van der Waals surface area contributed by atoms with Crippen LogP contribution in [0, 0.1) is 11.8 Å². The van der Waals surface area contributed by atoms with E-state index in [-0.39, 0.29) is 5.91 Å². The smallest absolute Gasteiger partial charge is 0.236 e. The number of ether oxygens (including phenoxy) is 1. The molecule has 0 aromatic carbocycles. The average Bonchev–Trinajstić information content (AvgIpc) is 2.30. The first kappa shape index (κ1) is 13.5. The van der Waals surface area contributed by atoms with Gasteiger partial charge in [-0.15, -0.1) is 0 Å². The Balaban J connectivity index is 2.30. The van der Waals surface area contributed by atoms with E-state index in [9.17, 15) is 4.79 Å². The van der Waals surface area contributed by atoms with Crippen LogP contribution in [0.4, 0.5) is 0 Å². The number of hydrogen-bond donors (Lipinski definition) is 1. The second-order valence-electron chi connectivity index (χ2n) is 4.68. The summed E-state index contributed by atoms with van der Waals surface area (Å²) in [6, 6.07) is 0. The average molecular weight is 228 g/mol. The lowest BCUT2D eigenvalue weighted by atomic mass is 9.86. The third-order valence-electron chi connectivity index (χ3n) is 3.45. The van der Waals surface area contributed by atoms with Gasteiger partial charge in [0.1, 0.15) is 0 Å². The summed E-state index contributed by atoms with van der Waals surface area (Å²) >= 11 is 0. The van der Waals surface area contributed by atoms with Gasteiger partial charge in [-0.2, -0.15) is 0 Å². The molecule has 0 aromatic heterocycles. The van der Waals surface area contributed by atoms with Crippen LogP contribution in [0.25, 0.3) is 0 Å². The molecule has 0 saturated carbocycles. The fourth-order valence-corrected chi connectivity index (χ4v) is 2.38. The van der Waals surface area contributed by atoms with Crippen LogP contribution in [0.1, 0.15) is 19.8 Å². The predicted molar refractivity (Wildman–Crippen MR) is 64.3 cm³/mol. The lowest BCUT2D eigenvalue weighted by Gasteiger charge is -2.34. The second kappa shape index (κ2) is 6.86. The lowest BCUT2D eigenvalue weighted by molar-refractivity contribution is -0.131. The van der Waals surface area contributed by atoms with E-state index in [0.717, 1.165) is 32.5 Å². The number of carbonyl (C=O) groups is 1. The molecule has 1 saturated heterocycles. The maximum Gasteiger partial charge on any atom is 0.236 e. The molecule has 0 unspecified atom stereocenters. The normalized spacial score (nSPS) is 19.8. The quantitative estimate of drug-likeness (QED) is 0.754. The Hall–Kier alpha value is -0.610. The van der Waals surface area contributed by atoms with Gasteiger partial charge in [0.05, 0.1) is 6.54 Å². The van der Waals surface area contributed by atoms with Crippen molar-refractivity contribution in [3.63, 3.8) is 0 Å². The summed E-state index contributed by atoms with van der Waals surface area (Å²) in [5.41, 5.74) is 0. The zero-order chi connectivity index (χ0) is 12.0. The number of carbonyl (C=O) groups excluding carboxylic acids is 1. The Morgan fingerprint density at radius 3 is 2.62 bits per heavy atom. The van der Waals surface area contributed by atoms with Crippen LogP contribution >= 0.6 is 0 Å². The van der Waals surface area contributed by atoms with Crippen LogP contribution in [-0.2, 0) is 9.53 Å². The van der Waals surface area contributed by atoms with Crippen molar-refractivity contribution in [2.75, 3.05) is 40.4 Å². The first-order valence-corrected chi connectivity index (χ1v) is 6.10. The van der Waals surface area contributed by atoms with Crippen LogP contribution in [0.5, 0.6) is 0 Å². The van der Waals surface area contributed by atoms with Crippen molar-refractivity contribution >= 4 is 5.91 Å². The molecule has 94 valence electrons. The van der Waals surface area contributed by atoms with E-state index in [1.807, 2.05) is 11.9 Å². The summed E-state index contributed by atoms with van der Waals surface area (Å²) in [6.07, 6.45) is 2.22. The van der Waals surface area contributed by atoms with Crippen LogP contribution in [0.2, 0.25) is 0 Å². The summed E-state index contributed by atoms with van der Waals surface area (Å²) in [7, 11) is 3.56. The Morgan fingerprint density at radius 2 is 2.12 bits per heavy atom. The van der Waals surface area contributed by atoms with E-state index < -0.39 is 0 Å².